The van der Waals surface area contributed by atoms with Crippen molar-refractivity contribution in [1.82, 2.24) is 9.88 Å². The lowest BCUT2D eigenvalue weighted by Gasteiger charge is -2.28. The summed E-state index contributed by atoms with van der Waals surface area (Å²) in [6.07, 6.45) is 1.85. The quantitative estimate of drug-likeness (QED) is 0.457. The van der Waals surface area contributed by atoms with Crippen LogP contribution in [-0.4, -0.2) is 33.9 Å². The molecule has 2 fully saturated rings. The molecule has 0 saturated carbocycles. The molecule has 1 atom stereocenters. The number of imide groups is 1. The molecule has 0 aliphatic carbocycles. The van der Waals surface area contributed by atoms with Gasteiger partial charge >= 0.3 is 6.03 Å². The van der Waals surface area contributed by atoms with Gasteiger partial charge in [0.05, 0.1) is 12.3 Å². The normalized spacial score (nSPS) is 21.5. The third kappa shape index (κ3) is 2.75. The number of halogens is 1. The zero-order valence-electron chi connectivity index (χ0n) is 14.8. The molecule has 4 rings (SSSR count). The first-order chi connectivity index (χ1) is 12.9. The Morgan fingerprint density at radius 1 is 1.26 bits per heavy atom. The number of hydrogen-bond donors (Lipinski definition) is 0. The van der Waals surface area contributed by atoms with Gasteiger partial charge in [-0.3, -0.25) is 4.79 Å². The highest BCUT2D eigenvalue weighted by molar-refractivity contribution is 6.30. The maximum Gasteiger partial charge on any atom is 0.332 e. The Labute approximate surface area is 162 Å². The molecule has 1 unspecified atom stereocenters. The second-order valence-electron chi connectivity index (χ2n) is 6.95. The predicted molar refractivity (Wildman–Crippen MR) is 102 cm³/mol. The van der Waals surface area contributed by atoms with Gasteiger partial charge in [-0.2, -0.15) is 0 Å². The number of anilines is 1. The topological polar surface area (TPSA) is 57.9 Å². The molecule has 0 N–H and O–H groups in total. The van der Waals surface area contributed by atoms with E-state index >= 15 is 0 Å². The van der Waals surface area contributed by atoms with Gasteiger partial charge in [0.2, 0.25) is 0 Å². The monoisotopic (exact) mass is 380 g/mol. The van der Waals surface area contributed by atoms with Gasteiger partial charge in [0.15, 0.2) is 5.69 Å². The lowest BCUT2D eigenvalue weighted by atomic mass is 9.88. The molecule has 0 spiro atoms. The Bertz CT molecular complexity index is 962. The Morgan fingerprint density at radius 3 is 2.67 bits per heavy atom. The number of pyridine rings is 1. The molecular formula is C20H17ClN4O2. The van der Waals surface area contributed by atoms with Crippen LogP contribution >= 0.6 is 11.6 Å². The molecule has 0 radical (unpaired) electrons. The maximum absolute atomic E-state index is 13.4. The number of aryl methyl sites for hydroxylation is 1. The highest BCUT2D eigenvalue weighted by atomic mass is 35.5. The fourth-order valence-electron chi connectivity index (χ4n) is 4.05. The van der Waals surface area contributed by atoms with E-state index in [-0.39, 0.29) is 17.1 Å². The van der Waals surface area contributed by atoms with Crippen LogP contribution in [0.15, 0.2) is 36.4 Å². The molecular weight excluding hydrogens is 364 g/mol. The first-order valence-electron chi connectivity index (χ1n) is 8.71. The summed E-state index contributed by atoms with van der Waals surface area (Å²) < 4.78 is 0. The lowest BCUT2D eigenvalue weighted by molar-refractivity contribution is -0.123. The molecule has 1 aromatic carbocycles. The van der Waals surface area contributed by atoms with Crippen LogP contribution in [0.3, 0.4) is 0 Å². The van der Waals surface area contributed by atoms with Crippen LogP contribution in [0.25, 0.3) is 4.85 Å². The summed E-state index contributed by atoms with van der Waals surface area (Å²) in [7, 11) is 0. The Morgan fingerprint density at radius 2 is 2.00 bits per heavy atom. The van der Waals surface area contributed by atoms with Crippen molar-refractivity contribution in [3.05, 3.63) is 64.2 Å². The van der Waals surface area contributed by atoms with Gasteiger partial charge in [-0.15, -0.1) is 0 Å². The molecule has 7 heteroatoms. The molecule has 3 heterocycles. The largest absolute Gasteiger partial charge is 0.332 e. The van der Waals surface area contributed by atoms with E-state index < -0.39 is 5.54 Å². The van der Waals surface area contributed by atoms with Crippen molar-refractivity contribution in [3.63, 3.8) is 0 Å². The van der Waals surface area contributed by atoms with Crippen molar-refractivity contribution in [2.24, 2.45) is 0 Å². The molecule has 1 aromatic heterocycles. The minimum atomic E-state index is -0.875. The van der Waals surface area contributed by atoms with E-state index in [1.165, 1.54) is 4.90 Å². The summed E-state index contributed by atoms with van der Waals surface area (Å²) in [6, 6.07) is 10.1. The minimum absolute atomic E-state index is 0.221. The molecule has 2 aliphatic heterocycles. The molecule has 27 heavy (non-hydrogen) atoms. The number of nitrogens with zero attached hydrogens (tertiary/aromatic N) is 4. The van der Waals surface area contributed by atoms with E-state index in [1.54, 1.807) is 36.1 Å². The summed E-state index contributed by atoms with van der Waals surface area (Å²) in [4.78, 5) is 36.9. The minimum Gasteiger partial charge on any atom is -0.309 e. The number of carbonyl (C=O) groups excluding carboxylic acids is 2. The first kappa shape index (κ1) is 17.5. The van der Waals surface area contributed by atoms with Gasteiger partial charge < -0.3 is 4.90 Å². The van der Waals surface area contributed by atoms with Crippen molar-refractivity contribution in [3.8, 4) is 0 Å². The third-order valence-electron chi connectivity index (χ3n) is 5.24. The average molecular weight is 381 g/mol. The molecule has 136 valence electrons. The van der Waals surface area contributed by atoms with Crippen LogP contribution in [0, 0.1) is 13.5 Å². The second kappa shape index (κ2) is 6.36. The fourth-order valence-corrected chi connectivity index (χ4v) is 4.29. The van der Waals surface area contributed by atoms with Crippen LogP contribution in [0.1, 0.15) is 24.1 Å². The average Bonchev–Trinajstić information content (AvgIpc) is 3.13. The standard InChI is InChI=1S/C20H17ClN4O2/c1-13-10-16(11-17(21)23-13)25-18(26)20(8-3-9-24(20)19(25)27)12-14-4-6-15(22-2)7-5-14/h4-7,10-11H,3,8-9,12H2,1H3. The van der Waals surface area contributed by atoms with Crippen molar-refractivity contribution < 1.29 is 9.59 Å². The number of fused-ring (bicyclic) bond motifs is 1. The summed E-state index contributed by atoms with van der Waals surface area (Å²) in [5.74, 6) is -0.221. The van der Waals surface area contributed by atoms with Crippen molar-refractivity contribution in [2.75, 3.05) is 11.4 Å². The SMILES string of the molecule is [C-]#[N+]c1ccc(CC23CCCN2C(=O)N(c2cc(C)nc(Cl)c2)C3=O)cc1. The Hall–Kier alpha value is -2.91. The van der Waals surface area contributed by atoms with Gasteiger partial charge in [0.1, 0.15) is 10.7 Å². The highest BCUT2D eigenvalue weighted by Gasteiger charge is 2.59. The van der Waals surface area contributed by atoms with E-state index in [0.717, 1.165) is 12.0 Å². The van der Waals surface area contributed by atoms with Crippen LogP contribution in [0.5, 0.6) is 0 Å². The molecule has 2 aromatic rings. The highest BCUT2D eigenvalue weighted by Crippen LogP contribution is 2.42. The van der Waals surface area contributed by atoms with Crippen LogP contribution in [0.2, 0.25) is 5.15 Å². The summed E-state index contributed by atoms with van der Waals surface area (Å²) in [5, 5.41) is 0.251. The molecule has 6 nitrogen and oxygen atoms in total. The van der Waals surface area contributed by atoms with Crippen LogP contribution in [-0.2, 0) is 11.2 Å². The van der Waals surface area contributed by atoms with Gasteiger partial charge in [0, 0.05) is 18.7 Å². The van der Waals surface area contributed by atoms with Crippen molar-refractivity contribution >= 4 is 34.9 Å². The van der Waals surface area contributed by atoms with E-state index in [4.69, 9.17) is 18.2 Å². The first-order valence-corrected chi connectivity index (χ1v) is 9.09. The lowest BCUT2D eigenvalue weighted by Crippen LogP contribution is -2.47. The fraction of sp³-hybridized carbons (Fsp3) is 0.300. The Kier molecular flexibility index (Phi) is 4.12. The molecule has 2 aliphatic rings. The zero-order chi connectivity index (χ0) is 19.2. The van der Waals surface area contributed by atoms with Gasteiger partial charge in [-0.1, -0.05) is 35.9 Å². The molecule has 0 bridgehead atoms. The molecule has 2 saturated heterocycles. The van der Waals surface area contributed by atoms with Gasteiger partial charge in [-0.25, -0.2) is 19.5 Å². The van der Waals surface area contributed by atoms with E-state index in [0.29, 0.717) is 36.5 Å². The summed E-state index contributed by atoms with van der Waals surface area (Å²) in [6.45, 7) is 9.39. The maximum atomic E-state index is 13.4. The number of aromatic nitrogens is 1. The predicted octanol–water partition coefficient (Wildman–Crippen LogP) is 4.14. The number of amides is 3. The summed E-state index contributed by atoms with van der Waals surface area (Å²) >= 11 is 6.04. The van der Waals surface area contributed by atoms with E-state index in [1.807, 2.05) is 12.1 Å². The third-order valence-corrected chi connectivity index (χ3v) is 5.43. The smallest absolute Gasteiger partial charge is 0.309 e. The number of rotatable bonds is 3. The van der Waals surface area contributed by atoms with Crippen LogP contribution in [0.4, 0.5) is 16.2 Å². The number of carbonyl (C=O) groups is 2. The van der Waals surface area contributed by atoms with E-state index in [2.05, 4.69) is 9.83 Å². The van der Waals surface area contributed by atoms with E-state index in [9.17, 15) is 9.59 Å². The second-order valence-corrected chi connectivity index (χ2v) is 7.34. The Balaban J connectivity index is 1.72. The number of urea groups is 1. The number of benzene rings is 1. The number of hydrogen-bond acceptors (Lipinski definition) is 3. The van der Waals surface area contributed by atoms with Crippen LogP contribution < -0.4 is 4.90 Å². The van der Waals surface area contributed by atoms with Gasteiger partial charge in [-0.05, 0) is 37.5 Å². The van der Waals surface area contributed by atoms with Crippen molar-refractivity contribution in [1.29, 1.82) is 0 Å². The summed E-state index contributed by atoms with van der Waals surface area (Å²) in [5.41, 5.74) is 1.71. The van der Waals surface area contributed by atoms with Crippen molar-refractivity contribution in [2.45, 2.75) is 31.7 Å². The zero-order valence-corrected chi connectivity index (χ0v) is 15.5. The van der Waals surface area contributed by atoms with Gasteiger partial charge in [0.25, 0.3) is 5.91 Å². The molecule has 3 amide bonds.